The molecule has 2 aromatic carbocycles. The van der Waals surface area contributed by atoms with E-state index in [1.807, 2.05) is 60.5 Å². The van der Waals surface area contributed by atoms with Crippen molar-refractivity contribution in [1.29, 1.82) is 10.5 Å². The van der Waals surface area contributed by atoms with Crippen molar-refractivity contribution < 1.29 is 4.79 Å². The first-order chi connectivity index (χ1) is 12.5. The molecule has 2 atom stereocenters. The van der Waals surface area contributed by atoms with Crippen LogP contribution in [0, 0.1) is 28.1 Å². The Bertz CT molecular complexity index is 974. The Morgan fingerprint density at radius 2 is 1.81 bits per heavy atom. The molecule has 0 radical (unpaired) electrons. The van der Waals surface area contributed by atoms with Crippen LogP contribution in [0.3, 0.4) is 0 Å². The van der Waals surface area contributed by atoms with Crippen LogP contribution in [0.1, 0.15) is 17.2 Å². The molecule has 5 nitrogen and oxygen atoms in total. The summed E-state index contributed by atoms with van der Waals surface area (Å²) < 4.78 is 0.917. The zero-order valence-corrected chi connectivity index (χ0v) is 15.6. The van der Waals surface area contributed by atoms with Crippen LogP contribution in [0.15, 0.2) is 53.0 Å². The first kappa shape index (κ1) is 16.8. The standard InChI is InChI=1S/C20H15BrN4O/c1-25-12-20(15-4-2-3-5-16(15)24-18(20)26)19(10-22,11-23)17(25)13-6-8-14(21)9-7-13/h2-9,17H,12H2,1H3,(H,24,26)/t17-,20-/m1/s1. The van der Waals surface area contributed by atoms with Gasteiger partial charge in [-0.15, -0.1) is 0 Å². The zero-order valence-electron chi connectivity index (χ0n) is 14.0. The smallest absolute Gasteiger partial charge is 0.239 e. The van der Waals surface area contributed by atoms with E-state index in [9.17, 15) is 15.3 Å². The zero-order chi connectivity index (χ0) is 18.5. The molecular weight excluding hydrogens is 392 g/mol. The van der Waals surface area contributed by atoms with E-state index in [0.29, 0.717) is 12.2 Å². The number of carbonyl (C=O) groups excluding carboxylic acids is 1. The van der Waals surface area contributed by atoms with Gasteiger partial charge in [0.2, 0.25) is 5.91 Å². The number of anilines is 1. The van der Waals surface area contributed by atoms with Crippen LogP contribution in [0.4, 0.5) is 5.69 Å². The number of rotatable bonds is 1. The van der Waals surface area contributed by atoms with E-state index in [1.165, 1.54) is 0 Å². The van der Waals surface area contributed by atoms with Crippen LogP contribution in [-0.2, 0) is 10.2 Å². The molecule has 0 aromatic heterocycles. The van der Waals surface area contributed by atoms with Gasteiger partial charge in [0.15, 0.2) is 5.41 Å². The first-order valence-electron chi connectivity index (χ1n) is 8.19. The molecule has 2 heterocycles. The number of likely N-dealkylation sites (N-methyl/N-ethyl adjacent to an activating group) is 1. The Morgan fingerprint density at radius 3 is 2.46 bits per heavy atom. The van der Waals surface area contributed by atoms with Gasteiger partial charge in [-0.2, -0.15) is 10.5 Å². The van der Waals surface area contributed by atoms with Crippen LogP contribution in [0.2, 0.25) is 0 Å². The SMILES string of the molecule is CN1C[C@@]2(C(=O)Nc3ccccc32)C(C#N)(C#N)[C@H]1c1ccc(Br)cc1. The number of amides is 1. The third kappa shape index (κ3) is 1.89. The molecule has 1 amide bonds. The molecule has 2 aliphatic rings. The van der Waals surface area contributed by atoms with Gasteiger partial charge in [-0.05, 0) is 36.4 Å². The monoisotopic (exact) mass is 406 g/mol. The van der Waals surface area contributed by atoms with Gasteiger partial charge >= 0.3 is 0 Å². The van der Waals surface area contributed by atoms with E-state index in [1.54, 1.807) is 0 Å². The topological polar surface area (TPSA) is 79.9 Å². The summed E-state index contributed by atoms with van der Waals surface area (Å²) in [5.74, 6) is -0.284. The average molecular weight is 407 g/mol. The van der Waals surface area contributed by atoms with Crippen LogP contribution in [0.5, 0.6) is 0 Å². The molecule has 2 aliphatic heterocycles. The lowest BCUT2D eigenvalue weighted by Crippen LogP contribution is -2.49. The molecule has 4 rings (SSSR count). The van der Waals surface area contributed by atoms with Gasteiger partial charge in [0.05, 0.1) is 18.2 Å². The largest absolute Gasteiger partial charge is 0.325 e. The Kier molecular flexibility index (Phi) is 3.66. The van der Waals surface area contributed by atoms with E-state index in [0.717, 1.165) is 15.6 Å². The number of hydrogen-bond acceptors (Lipinski definition) is 4. The number of fused-ring (bicyclic) bond motifs is 2. The van der Waals surface area contributed by atoms with E-state index in [-0.39, 0.29) is 5.91 Å². The Hall–Kier alpha value is -2.67. The fourth-order valence-electron chi connectivity index (χ4n) is 4.51. The molecule has 128 valence electrons. The second kappa shape index (κ2) is 5.67. The number of nitrogens with one attached hydrogen (secondary N) is 1. The highest BCUT2D eigenvalue weighted by Gasteiger charge is 2.71. The van der Waals surface area contributed by atoms with E-state index >= 15 is 0 Å². The number of carbonyl (C=O) groups is 1. The molecule has 6 heteroatoms. The summed E-state index contributed by atoms with van der Waals surface area (Å²) in [5.41, 5.74) is -0.518. The molecule has 1 saturated heterocycles. The molecule has 0 aliphatic carbocycles. The van der Waals surface area contributed by atoms with Gasteiger partial charge < -0.3 is 5.32 Å². The molecule has 1 N–H and O–H groups in total. The van der Waals surface area contributed by atoms with Gasteiger partial charge in [-0.1, -0.05) is 46.3 Å². The van der Waals surface area contributed by atoms with Gasteiger partial charge in [0, 0.05) is 16.7 Å². The second-order valence-electron chi connectivity index (χ2n) is 6.81. The van der Waals surface area contributed by atoms with Crippen molar-refractivity contribution in [2.75, 3.05) is 18.9 Å². The summed E-state index contributed by atoms with van der Waals surface area (Å²) in [6, 6.07) is 18.9. The van der Waals surface area contributed by atoms with Crippen molar-refractivity contribution in [2.24, 2.45) is 5.41 Å². The fraction of sp³-hybridized carbons (Fsp3) is 0.250. The average Bonchev–Trinajstić information content (AvgIpc) is 3.08. The number of halogens is 1. The van der Waals surface area contributed by atoms with Crippen molar-refractivity contribution >= 4 is 27.5 Å². The highest BCUT2D eigenvalue weighted by Crippen LogP contribution is 2.61. The molecular formula is C20H15BrN4O. The molecule has 0 saturated carbocycles. The van der Waals surface area contributed by atoms with Crippen LogP contribution < -0.4 is 5.32 Å². The minimum atomic E-state index is -1.54. The maximum Gasteiger partial charge on any atom is 0.239 e. The minimum Gasteiger partial charge on any atom is -0.325 e. The summed E-state index contributed by atoms with van der Waals surface area (Å²) >= 11 is 3.41. The van der Waals surface area contributed by atoms with Gasteiger partial charge in [-0.3, -0.25) is 9.69 Å². The maximum absolute atomic E-state index is 13.1. The molecule has 1 spiro atoms. The second-order valence-corrected chi connectivity index (χ2v) is 7.72. The van der Waals surface area contributed by atoms with E-state index in [4.69, 9.17) is 0 Å². The van der Waals surface area contributed by atoms with E-state index in [2.05, 4.69) is 33.4 Å². The highest BCUT2D eigenvalue weighted by atomic mass is 79.9. The first-order valence-corrected chi connectivity index (χ1v) is 8.98. The van der Waals surface area contributed by atoms with Crippen molar-refractivity contribution in [2.45, 2.75) is 11.5 Å². The number of likely N-dealkylation sites (tertiary alicyclic amines) is 1. The summed E-state index contributed by atoms with van der Waals surface area (Å²) in [6.07, 6.45) is 0. The Balaban J connectivity index is 1.99. The summed E-state index contributed by atoms with van der Waals surface area (Å²) in [6.45, 7) is 0.303. The van der Waals surface area contributed by atoms with Gasteiger partial charge in [0.25, 0.3) is 0 Å². The quantitative estimate of drug-likeness (QED) is 0.786. The number of para-hydroxylation sites is 1. The number of nitrogens with zero attached hydrogens (tertiary/aromatic N) is 3. The molecule has 0 bridgehead atoms. The molecule has 26 heavy (non-hydrogen) atoms. The Morgan fingerprint density at radius 1 is 1.15 bits per heavy atom. The predicted molar refractivity (Wildman–Crippen MR) is 99.9 cm³/mol. The van der Waals surface area contributed by atoms with Gasteiger partial charge in [-0.25, -0.2) is 0 Å². The number of benzene rings is 2. The molecule has 1 fully saturated rings. The van der Waals surface area contributed by atoms with Crippen LogP contribution >= 0.6 is 15.9 Å². The predicted octanol–water partition coefficient (Wildman–Crippen LogP) is 3.36. The van der Waals surface area contributed by atoms with Crippen molar-refractivity contribution in [1.82, 2.24) is 4.90 Å². The number of hydrogen-bond donors (Lipinski definition) is 1. The van der Waals surface area contributed by atoms with Crippen molar-refractivity contribution in [3.63, 3.8) is 0 Å². The Labute approximate surface area is 160 Å². The highest BCUT2D eigenvalue weighted by molar-refractivity contribution is 9.10. The van der Waals surface area contributed by atoms with Gasteiger partial charge in [0.1, 0.15) is 5.41 Å². The normalized spacial score (nSPS) is 26.2. The summed E-state index contributed by atoms with van der Waals surface area (Å²) in [5, 5.41) is 23.3. The van der Waals surface area contributed by atoms with Crippen LogP contribution in [0.25, 0.3) is 0 Å². The molecule has 0 unspecified atom stereocenters. The summed E-state index contributed by atoms with van der Waals surface area (Å²) in [7, 11) is 1.86. The number of nitriles is 2. The lowest BCUT2D eigenvalue weighted by molar-refractivity contribution is -0.122. The summed E-state index contributed by atoms with van der Waals surface area (Å²) in [4.78, 5) is 15.1. The van der Waals surface area contributed by atoms with Crippen LogP contribution in [-0.4, -0.2) is 24.4 Å². The van der Waals surface area contributed by atoms with Crippen molar-refractivity contribution in [3.8, 4) is 12.1 Å². The fourth-order valence-corrected chi connectivity index (χ4v) is 4.77. The lowest BCUT2D eigenvalue weighted by Gasteiger charge is -2.33. The van der Waals surface area contributed by atoms with E-state index < -0.39 is 16.9 Å². The third-order valence-corrected chi connectivity index (χ3v) is 6.10. The molecule has 2 aromatic rings. The lowest BCUT2D eigenvalue weighted by atomic mass is 9.60. The van der Waals surface area contributed by atoms with Crippen molar-refractivity contribution in [3.05, 3.63) is 64.1 Å². The maximum atomic E-state index is 13.1. The third-order valence-electron chi connectivity index (χ3n) is 5.57. The minimum absolute atomic E-state index is 0.284.